The van der Waals surface area contributed by atoms with E-state index >= 15 is 0 Å². The summed E-state index contributed by atoms with van der Waals surface area (Å²) in [5.74, 6) is 0.269. The Hall–Kier alpha value is -1.78. The van der Waals surface area contributed by atoms with Gasteiger partial charge in [0, 0.05) is 41.5 Å². The zero-order valence-corrected chi connectivity index (χ0v) is 14.4. The minimum Gasteiger partial charge on any atom is -0.490 e. The molecule has 0 bridgehead atoms. The van der Waals surface area contributed by atoms with Crippen molar-refractivity contribution in [2.75, 3.05) is 13.1 Å². The number of halogens is 3. The number of piperidine rings is 1. The van der Waals surface area contributed by atoms with E-state index in [2.05, 4.69) is 0 Å². The molecular weight excluding hydrogens is 352 g/mol. The molecule has 6 heteroatoms. The quantitative estimate of drug-likeness (QED) is 0.778. The van der Waals surface area contributed by atoms with Crippen molar-refractivity contribution in [2.24, 2.45) is 0 Å². The summed E-state index contributed by atoms with van der Waals surface area (Å²) in [6, 6.07) is 10.8. The van der Waals surface area contributed by atoms with E-state index in [9.17, 15) is 9.18 Å². The number of benzene rings is 2. The zero-order chi connectivity index (χ0) is 17.1. The summed E-state index contributed by atoms with van der Waals surface area (Å²) >= 11 is 11.9. The second-order valence-electron chi connectivity index (χ2n) is 5.72. The summed E-state index contributed by atoms with van der Waals surface area (Å²) in [6.45, 7) is 1.18. The van der Waals surface area contributed by atoms with Gasteiger partial charge in [0.2, 0.25) is 0 Å². The molecule has 1 fully saturated rings. The molecule has 0 atom stereocenters. The maximum absolute atomic E-state index is 12.9. The lowest BCUT2D eigenvalue weighted by Crippen LogP contribution is -2.41. The third kappa shape index (κ3) is 4.19. The molecular formula is C18H16Cl2FNO2. The van der Waals surface area contributed by atoms with E-state index in [0.717, 1.165) is 12.8 Å². The van der Waals surface area contributed by atoms with Crippen molar-refractivity contribution in [3.05, 3.63) is 63.9 Å². The fourth-order valence-corrected chi connectivity index (χ4v) is 3.27. The van der Waals surface area contributed by atoms with E-state index in [1.807, 2.05) is 0 Å². The van der Waals surface area contributed by atoms with Gasteiger partial charge in [-0.15, -0.1) is 0 Å². The molecule has 0 radical (unpaired) electrons. The van der Waals surface area contributed by atoms with Crippen molar-refractivity contribution >= 4 is 29.1 Å². The smallest absolute Gasteiger partial charge is 0.253 e. The summed E-state index contributed by atoms with van der Waals surface area (Å²) in [6.07, 6.45) is 1.46. The number of nitrogens with zero attached hydrogens (tertiary/aromatic N) is 1. The van der Waals surface area contributed by atoms with Gasteiger partial charge in [0.25, 0.3) is 5.91 Å². The molecule has 2 aromatic carbocycles. The number of ether oxygens (including phenoxy) is 1. The number of hydrogen-bond donors (Lipinski definition) is 0. The van der Waals surface area contributed by atoms with Gasteiger partial charge < -0.3 is 9.64 Å². The zero-order valence-electron chi connectivity index (χ0n) is 12.8. The summed E-state index contributed by atoms with van der Waals surface area (Å²) in [5.41, 5.74) is 0.491. The normalized spacial score (nSPS) is 15.4. The number of carbonyl (C=O) groups excluding carboxylic acids is 1. The SMILES string of the molecule is O=C(c1cc(Cl)cc(Cl)c1)N1CCC(Oc2ccc(F)cc2)CC1. The van der Waals surface area contributed by atoms with Gasteiger partial charge in [-0.3, -0.25) is 4.79 Å². The van der Waals surface area contributed by atoms with Gasteiger partial charge in [0.1, 0.15) is 17.7 Å². The van der Waals surface area contributed by atoms with Crippen molar-refractivity contribution in [3.8, 4) is 5.75 Å². The van der Waals surface area contributed by atoms with Crippen molar-refractivity contribution in [1.29, 1.82) is 0 Å². The van der Waals surface area contributed by atoms with Crippen LogP contribution in [0.25, 0.3) is 0 Å². The first-order valence-corrected chi connectivity index (χ1v) is 8.44. The molecule has 0 N–H and O–H groups in total. The Morgan fingerprint density at radius 1 is 1.04 bits per heavy atom. The first-order chi connectivity index (χ1) is 11.5. The Kier molecular flexibility index (Phi) is 5.27. The maximum atomic E-state index is 12.9. The molecule has 3 rings (SSSR count). The Morgan fingerprint density at radius 2 is 1.62 bits per heavy atom. The van der Waals surface area contributed by atoms with Gasteiger partial charge >= 0.3 is 0 Å². The van der Waals surface area contributed by atoms with Gasteiger partial charge in [-0.2, -0.15) is 0 Å². The lowest BCUT2D eigenvalue weighted by atomic mass is 10.1. The van der Waals surface area contributed by atoms with Crippen LogP contribution in [0, 0.1) is 5.82 Å². The Bertz CT molecular complexity index is 708. The number of rotatable bonds is 3. The average Bonchev–Trinajstić information content (AvgIpc) is 2.56. The highest BCUT2D eigenvalue weighted by molar-refractivity contribution is 6.35. The van der Waals surface area contributed by atoms with Crippen molar-refractivity contribution < 1.29 is 13.9 Å². The fourth-order valence-electron chi connectivity index (χ4n) is 2.74. The standard InChI is InChI=1S/C18H16Cl2FNO2/c19-13-9-12(10-14(20)11-13)18(23)22-7-5-17(6-8-22)24-16-3-1-15(21)2-4-16/h1-4,9-11,17H,5-8H2. The molecule has 1 heterocycles. The molecule has 1 saturated heterocycles. The predicted molar refractivity (Wildman–Crippen MR) is 92.4 cm³/mol. The molecule has 0 unspecified atom stereocenters. The number of amides is 1. The monoisotopic (exact) mass is 367 g/mol. The van der Waals surface area contributed by atoms with E-state index in [1.165, 1.54) is 12.1 Å². The molecule has 1 aliphatic rings. The van der Waals surface area contributed by atoms with E-state index in [0.29, 0.717) is 34.4 Å². The van der Waals surface area contributed by atoms with Crippen LogP contribution in [-0.2, 0) is 0 Å². The first kappa shape index (κ1) is 17.1. The predicted octanol–water partition coefficient (Wildman–Crippen LogP) is 4.82. The molecule has 0 saturated carbocycles. The summed E-state index contributed by atoms with van der Waals surface area (Å²) in [4.78, 5) is 14.3. The Labute approximate surface area is 149 Å². The summed E-state index contributed by atoms with van der Waals surface area (Å²) < 4.78 is 18.7. The molecule has 0 spiro atoms. The average molecular weight is 368 g/mol. The van der Waals surface area contributed by atoms with Crippen LogP contribution in [0.4, 0.5) is 4.39 Å². The largest absolute Gasteiger partial charge is 0.490 e. The Morgan fingerprint density at radius 3 is 2.21 bits per heavy atom. The van der Waals surface area contributed by atoms with Crippen LogP contribution in [0.5, 0.6) is 5.75 Å². The van der Waals surface area contributed by atoms with E-state index < -0.39 is 0 Å². The second-order valence-corrected chi connectivity index (χ2v) is 6.59. The molecule has 0 aromatic heterocycles. The van der Waals surface area contributed by atoms with Crippen molar-refractivity contribution in [2.45, 2.75) is 18.9 Å². The molecule has 2 aromatic rings. The van der Waals surface area contributed by atoms with Crippen molar-refractivity contribution in [3.63, 3.8) is 0 Å². The van der Waals surface area contributed by atoms with Gasteiger partial charge in [-0.05, 0) is 42.5 Å². The second kappa shape index (κ2) is 7.41. The minimum atomic E-state index is -0.289. The molecule has 0 aliphatic carbocycles. The molecule has 3 nitrogen and oxygen atoms in total. The highest BCUT2D eigenvalue weighted by Crippen LogP contribution is 2.23. The van der Waals surface area contributed by atoms with Crippen molar-refractivity contribution in [1.82, 2.24) is 4.90 Å². The van der Waals surface area contributed by atoms with Gasteiger partial charge in [0.15, 0.2) is 0 Å². The molecule has 24 heavy (non-hydrogen) atoms. The molecule has 1 aliphatic heterocycles. The first-order valence-electron chi connectivity index (χ1n) is 7.69. The number of hydrogen-bond acceptors (Lipinski definition) is 2. The van der Waals surface area contributed by atoms with E-state index in [1.54, 1.807) is 35.2 Å². The lowest BCUT2D eigenvalue weighted by Gasteiger charge is -2.32. The van der Waals surface area contributed by atoms with Crippen LogP contribution >= 0.6 is 23.2 Å². The maximum Gasteiger partial charge on any atom is 0.253 e. The van der Waals surface area contributed by atoms with Gasteiger partial charge in [0.05, 0.1) is 0 Å². The lowest BCUT2D eigenvalue weighted by molar-refractivity contribution is 0.0595. The topological polar surface area (TPSA) is 29.5 Å². The molecule has 126 valence electrons. The minimum absolute atomic E-state index is 0.0162. The highest BCUT2D eigenvalue weighted by atomic mass is 35.5. The molecule has 1 amide bonds. The van der Waals surface area contributed by atoms with E-state index in [-0.39, 0.29) is 17.8 Å². The third-order valence-electron chi connectivity index (χ3n) is 3.96. The summed E-state index contributed by atoms with van der Waals surface area (Å²) in [7, 11) is 0. The van der Waals surface area contributed by atoms with Crippen LogP contribution in [0.3, 0.4) is 0 Å². The van der Waals surface area contributed by atoms with Crippen LogP contribution in [-0.4, -0.2) is 30.0 Å². The Balaban J connectivity index is 1.58. The summed E-state index contributed by atoms with van der Waals surface area (Å²) in [5, 5.41) is 0.890. The fraction of sp³-hybridized carbons (Fsp3) is 0.278. The third-order valence-corrected chi connectivity index (χ3v) is 4.39. The van der Waals surface area contributed by atoms with Crippen LogP contribution in [0.15, 0.2) is 42.5 Å². The number of likely N-dealkylation sites (tertiary alicyclic amines) is 1. The number of carbonyl (C=O) groups is 1. The van der Waals surface area contributed by atoms with Crippen LogP contribution < -0.4 is 4.74 Å². The van der Waals surface area contributed by atoms with Crippen LogP contribution in [0.1, 0.15) is 23.2 Å². The highest BCUT2D eigenvalue weighted by Gasteiger charge is 2.25. The van der Waals surface area contributed by atoms with Crippen LogP contribution in [0.2, 0.25) is 10.0 Å². The van der Waals surface area contributed by atoms with Gasteiger partial charge in [-0.25, -0.2) is 4.39 Å². The van der Waals surface area contributed by atoms with E-state index in [4.69, 9.17) is 27.9 Å². The van der Waals surface area contributed by atoms with Gasteiger partial charge in [-0.1, -0.05) is 23.2 Å².